The summed E-state index contributed by atoms with van der Waals surface area (Å²) in [5.74, 6) is -0.867. The zero-order chi connectivity index (χ0) is 27.0. The molecule has 0 bridgehead atoms. The number of hydrogen-bond donors (Lipinski definition) is 1. The Kier molecular flexibility index (Phi) is 6.21. The van der Waals surface area contributed by atoms with Crippen molar-refractivity contribution in [1.29, 1.82) is 5.26 Å². The lowest BCUT2D eigenvalue weighted by Gasteiger charge is -2.16. The summed E-state index contributed by atoms with van der Waals surface area (Å²) in [5, 5.41) is 16.3. The van der Waals surface area contributed by atoms with Crippen LogP contribution in [0, 0.1) is 24.1 Å². The zero-order valence-corrected chi connectivity index (χ0v) is 19.6. The largest absolute Gasteiger partial charge is 0.359 e. The Labute approximate surface area is 211 Å². The lowest BCUT2D eigenvalue weighted by Crippen LogP contribution is -2.41. The molecule has 0 aliphatic heterocycles. The Morgan fingerprint density at radius 2 is 1.92 bits per heavy atom. The summed E-state index contributed by atoms with van der Waals surface area (Å²) in [6.07, 6.45) is 4.07. The molecular weight excluding hydrogens is 501 g/mol. The number of halogens is 3. The van der Waals surface area contributed by atoms with Crippen molar-refractivity contribution in [3.05, 3.63) is 105 Å². The van der Waals surface area contributed by atoms with Crippen LogP contribution in [0.5, 0.6) is 0 Å². The molecule has 0 fully saturated rings. The molecule has 0 aliphatic rings. The number of nitrogens with zero attached hydrogens (tertiary/aromatic N) is 7. The summed E-state index contributed by atoms with van der Waals surface area (Å²) >= 11 is 0. The first-order valence-electron chi connectivity index (χ1n) is 11.1. The van der Waals surface area contributed by atoms with Gasteiger partial charge in [0.2, 0.25) is 5.95 Å². The molecule has 0 amide bonds. The molecule has 13 heteroatoms. The third-order valence-electron chi connectivity index (χ3n) is 5.66. The standard InChI is InChI=1S/C25H17F3N8O2/c1-14-6-19(11-30-10-14)36-24(37)32-23(31-18-3-5-21-17(8-18)13-35(33-21)22(27)28)34(25(36)38)12-15-2-4-20(26)16(7-15)9-29/h2-8,10-11,13,22H,12H2,1H3,(H,31,32,37). The van der Waals surface area contributed by atoms with E-state index in [1.165, 1.54) is 36.5 Å². The van der Waals surface area contributed by atoms with E-state index in [0.29, 0.717) is 32.4 Å². The van der Waals surface area contributed by atoms with E-state index in [0.717, 1.165) is 21.4 Å². The van der Waals surface area contributed by atoms with Crippen LogP contribution in [0.2, 0.25) is 0 Å². The number of pyridine rings is 1. The molecule has 5 aromatic rings. The highest BCUT2D eigenvalue weighted by Gasteiger charge is 2.17. The van der Waals surface area contributed by atoms with E-state index in [9.17, 15) is 28.0 Å². The molecule has 38 heavy (non-hydrogen) atoms. The van der Waals surface area contributed by atoms with E-state index < -0.39 is 23.7 Å². The van der Waals surface area contributed by atoms with Crippen molar-refractivity contribution < 1.29 is 13.2 Å². The number of nitriles is 1. The van der Waals surface area contributed by atoms with Gasteiger partial charge in [0.25, 0.3) is 0 Å². The van der Waals surface area contributed by atoms with Crippen molar-refractivity contribution >= 4 is 22.5 Å². The van der Waals surface area contributed by atoms with Crippen LogP contribution in [0.15, 0.2) is 70.6 Å². The van der Waals surface area contributed by atoms with Crippen LogP contribution in [0.3, 0.4) is 0 Å². The number of rotatable bonds is 6. The van der Waals surface area contributed by atoms with Crippen LogP contribution in [0.1, 0.15) is 23.2 Å². The summed E-state index contributed by atoms with van der Waals surface area (Å²) in [5.41, 5.74) is 0.102. The first kappa shape index (κ1) is 24.4. The van der Waals surface area contributed by atoms with Gasteiger partial charge in [-0.2, -0.15) is 24.1 Å². The summed E-state index contributed by atoms with van der Waals surface area (Å²) in [4.78, 5) is 34.7. The Morgan fingerprint density at radius 1 is 1.11 bits per heavy atom. The van der Waals surface area contributed by atoms with E-state index in [-0.39, 0.29) is 23.7 Å². The lowest BCUT2D eigenvalue weighted by molar-refractivity contribution is 0.0574. The molecule has 0 radical (unpaired) electrons. The number of fused-ring (bicyclic) bond motifs is 1. The topological polar surface area (TPSA) is 123 Å². The Balaban J connectivity index is 1.64. The van der Waals surface area contributed by atoms with Gasteiger partial charge in [0.1, 0.15) is 11.9 Å². The van der Waals surface area contributed by atoms with Crippen molar-refractivity contribution in [2.45, 2.75) is 20.0 Å². The number of alkyl halides is 2. The second kappa shape index (κ2) is 9.66. The SMILES string of the molecule is Cc1cncc(-n2c(=O)nc(Nc3ccc4nn(C(F)F)cc4c3)n(Cc3ccc(F)c(C#N)c3)c2=O)c1. The summed E-state index contributed by atoms with van der Waals surface area (Å²) < 4.78 is 42.5. The molecule has 0 saturated heterocycles. The van der Waals surface area contributed by atoms with Crippen LogP contribution in [-0.4, -0.2) is 28.9 Å². The number of aryl methyl sites for hydroxylation is 1. The highest BCUT2D eigenvalue weighted by molar-refractivity contribution is 5.82. The van der Waals surface area contributed by atoms with Crippen LogP contribution in [0.25, 0.3) is 16.6 Å². The van der Waals surface area contributed by atoms with Crippen LogP contribution < -0.4 is 16.7 Å². The quantitative estimate of drug-likeness (QED) is 0.364. The van der Waals surface area contributed by atoms with E-state index in [4.69, 9.17) is 0 Å². The van der Waals surface area contributed by atoms with Crippen LogP contribution in [0.4, 0.5) is 24.8 Å². The Morgan fingerprint density at radius 3 is 2.66 bits per heavy atom. The average molecular weight is 518 g/mol. The van der Waals surface area contributed by atoms with Crippen molar-refractivity contribution in [1.82, 2.24) is 28.9 Å². The minimum absolute atomic E-state index is 0.153. The van der Waals surface area contributed by atoms with E-state index in [2.05, 4.69) is 20.4 Å². The molecule has 0 aliphatic carbocycles. The van der Waals surface area contributed by atoms with Gasteiger partial charge < -0.3 is 5.32 Å². The third kappa shape index (κ3) is 4.62. The van der Waals surface area contributed by atoms with Crippen LogP contribution >= 0.6 is 0 Å². The fraction of sp³-hybridized carbons (Fsp3) is 0.120. The smallest absolute Gasteiger partial charge is 0.325 e. The number of nitrogens with one attached hydrogen (secondary N) is 1. The first-order chi connectivity index (χ1) is 18.2. The molecule has 3 heterocycles. The van der Waals surface area contributed by atoms with Crippen LogP contribution in [-0.2, 0) is 6.54 Å². The van der Waals surface area contributed by atoms with E-state index in [1.807, 2.05) is 0 Å². The third-order valence-corrected chi connectivity index (χ3v) is 5.66. The minimum atomic E-state index is -2.82. The number of aromatic nitrogens is 6. The number of hydrogen-bond acceptors (Lipinski definition) is 7. The normalized spacial score (nSPS) is 11.2. The van der Waals surface area contributed by atoms with Gasteiger partial charge in [-0.05, 0) is 54.4 Å². The monoisotopic (exact) mass is 518 g/mol. The molecule has 0 unspecified atom stereocenters. The van der Waals surface area contributed by atoms with Gasteiger partial charge in [-0.25, -0.2) is 23.2 Å². The van der Waals surface area contributed by atoms with Crippen molar-refractivity contribution in [3.63, 3.8) is 0 Å². The molecule has 5 rings (SSSR count). The average Bonchev–Trinajstić information content (AvgIpc) is 3.31. The van der Waals surface area contributed by atoms with Gasteiger partial charge >= 0.3 is 17.9 Å². The highest BCUT2D eigenvalue weighted by atomic mass is 19.3. The van der Waals surface area contributed by atoms with Gasteiger partial charge in [-0.1, -0.05) is 6.07 Å². The molecular formula is C25H17F3N8O2. The fourth-order valence-corrected chi connectivity index (χ4v) is 3.90. The predicted molar refractivity (Wildman–Crippen MR) is 131 cm³/mol. The van der Waals surface area contributed by atoms with Gasteiger partial charge in [0.05, 0.1) is 29.5 Å². The minimum Gasteiger partial charge on any atom is -0.325 e. The second-order valence-corrected chi connectivity index (χ2v) is 8.35. The Hall–Kier alpha value is -5.25. The van der Waals surface area contributed by atoms with Crippen molar-refractivity contribution in [2.75, 3.05) is 5.32 Å². The van der Waals surface area contributed by atoms with Gasteiger partial charge in [-0.15, -0.1) is 0 Å². The maximum atomic E-state index is 13.9. The van der Waals surface area contributed by atoms with Crippen molar-refractivity contribution in [3.8, 4) is 11.8 Å². The molecule has 190 valence electrons. The predicted octanol–water partition coefficient (Wildman–Crippen LogP) is 3.65. The zero-order valence-electron chi connectivity index (χ0n) is 19.6. The maximum Gasteiger partial charge on any atom is 0.359 e. The number of anilines is 2. The maximum absolute atomic E-state index is 13.9. The van der Waals surface area contributed by atoms with Gasteiger partial charge in [0.15, 0.2) is 0 Å². The summed E-state index contributed by atoms with van der Waals surface area (Å²) in [6, 6.07) is 11.7. The summed E-state index contributed by atoms with van der Waals surface area (Å²) in [7, 11) is 0. The molecule has 3 aromatic heterocycles. The van der Waals surface area contributed by atoms with E-state index >= 15 is 0 Å². The molecule has 0 saturated carbocycles. The van der Waals surface area contributed by atoms with Gasteiger partial charge in [-0.3, -0.25) is 9.55 Å². The van der Waals surface area contributed by atoms with E-state index in [1.54, 1.807) is 25.3 Å². The van der Waals surface area contributed by atoms with Crippen molar-refractivity contribution in [2.24, 2.45) is 0 Å². The van der Waals surface area contributed by atoms with Gasteiger partial charge in [0, 0.05) is 23.5 Å². The summed E-state index contributed by atoms with van der Waals surface area (Å²) in [6.45, 7) is -1.24. The molecule has 0 atom stereocenters. The highest BCUT2D eigenvalue weighted by Crippen LogP contribution is 2.23. The lowest BCUT2D eigenvalue weighted by atomic mass is 10.1. The molecule has 1 N–H and O–H groups in total. The molecule has 2 aromatic carbocycles. The Bertz CT molecular complexity index is 1850. The molecule has 0 spiro atoms. The molecule has 10 nitrogen and oxygen atoms in total. The second-order valence-electron chi connectivity index (χ2n) is 8.35. The fourth-order valence-electron chi connectivity index (χ4n) is 3.90. The first-order valence-corrected chi connectivity index (χ1v) is 11.1. The number of benzene rings is 2.